The second-order valence-corrected chi connectivity index (χ2v) is 12.1. The average molecular weight is 659 g/mol. The van der Waals surface area contributed by atoms with Crippen molar-refractivity contribution in [1.82, 2.24) is 25.3 Å². The van der Waals surface area contributed by atoms with Crippen molar-refractivity contribution in [3.8, 4) is 17.0 Å². The van der Waals surface area contributed by atoms with Gasteiger partial charge in [0, 0.05) is 40.3 Å². The summed E-state index contributed by atoms with van der Waals surface area (Å²) in [5.41, 5.74) is 4.38. The molecule has 6 aromatic rings. The fourth-order valence-electron chi connectivity index (χ4n) is 4.48. The van der Waals surface area contributed by atoms with Gasteiger partial charge in [0.25, 0.3) is 0 Å². The smallest absolute Gasteiger partial charge is 0.228 e. The quantitative estimate of drug-likeness (QED) is 0.157. The molecule has 0 atom stereocenters. The van der Waals surface area contributed by atoms with Gasteiger partial charge in [0.2, 0.25) is 10.3 Å². The molecule has 0 saturated heterocycles. The first-order valence-corrected chi connectivity index (χ1v) is 16.0. The van der Waals surface area contributed by atoms with Crippen LogP contribution >= 0.6 is 22.9 Å². The molecule has 0 aliphatic carbocycles. The molecule has 2 N–H and O–H groups in total. The fraction of sp³-hybridized carbons (Fsp3) is 0.0938. The van der Waals surface area contributed by atoms with Crippen molar-refractivity contribution in [2.24, 2.45) is 0 Å². The summed E-state index contributed by atoms with van der Waals surface area (Å²) in [5, 5.41) is 10.1. The Bertz CT molecular complexity index is 2120. The SMILES string of the molecule is O=S(=O)=C(Cc1ccccn1)NCc1nc(-c2ccc3ncnc(Nc4ccc(OCc5cccc(F)c5)c(Cl)c4)c3c2)cs1. The van der Waals surface area contributed by atoms with E-state index < -0.39 is 10.3 Å². The van der Waals surface area contributed by atoms with E-state index >= 15 is 0 Å². The van der Waals surface area contributed by atoms with Crippen molar-refractivity contribution < 1.29 is 17.5 Å². The molecule has 0 saturated carbocycles. The van der Waals surface area contributed by atoms with E-state index in [9.17, 15) is 12.8 Å². The Kier molecular flexibility index (Phi) is 9.36. The molecule has 6 rings (SSSR count). The van der Waals surface area contributed by atoms with E-state index in [0.29, 0.717) is 33.5 Å². The highest BCUT2D eigenvalue weighted by Gasteiger charge is 2.12. The average Bonchev–Trinajstić information content (AvgIpc) is 3.52. The Hall–Kier alpha value is -4.75. The molecule has 3 aromatic heterocycles. The molecule has 0 aliphatic heterocycles. The van der Waals surface area contributed by atoms with E-state index in [1.54, 1.807) is 42.6 Å². The van der Waals surface area contributed by atoms with Crippen LogP contribution in [-0.2, 0) is 29.9 Å². The fourth-order valence-corrected chi connectivity index (χ4v) is 5.92. The lowest BCUT2D eigenvalue weighted by molar-refractivity contribution is 0.306. The van der Waals surface area contributed by atoms with Gasteiger partial charge in [-0.25, -0.2) is 19.3 Å². The van der Waals surface area contributed by atoms with Crippen LogP contribution in [0.5, 0.6) is 5.75 Å². The molecule has 226 valence electrons. The van der Waals surface area contributed by atoms with Gasteiger partial charge in [-0.2, -0.15) is 8.42 Å². The van der Waals surface area contributed by atoms with Crippen LogP contribution in [0.15, 0.2) is 96.8 Å². The van der Waals surface area contributed by atoms with Crippen LogP contribution in [0.4, 0.5) is 15.9 Å². The van der Waals surface area contributed by atoms with Crippen molar-refractivity contribution in [3.05, 3.63) is 124 Å². The van der Waals surface area contributed by atoms with E-state index in [2.05, 4.69) is 25.6 Å². The summed E-state index contributed by atoms with van der Waals surface area (Å²) in [7, 11) is -2.41. The highest BCUT2D eigenvalue weighted by molar-refractivity contribution is 7.72. The van der Waals surface area contributed by atoms with Gasteiger partial charge >= 0.3 is 0 Å². The Labute approximate surface area is 268 Å². The minimum atomic E-state index is -2.41. The van der Waals surface area contributed by atoms with E-state index in [4.69, 9.17) is 21.3 Å². The third-order valence-corrected chi connectivity index (χ3v) is 8.50. The zero-order valence-electron chi connectivity index (χ0n) is 23.4. The van der Waals surface area contributed by atoms with E-state index in [0.717, 1.165) is 27.2 Å². The third-order valence-electron chi connectivity index (χ3n) is 6.67. The zero-order valence-corrected chi connectivity index (χ0v) is 25.8. The summed E-state index contributed by atoms with van der Waals surface area (Å²) >= 11 is 7.93. The monoisotopic (exact) mass is 658 g/mol. The number of benzene rings is 3. The maximum atomic E-state index is 13.5. The first-order valence-electron chi connectivity index (χ1n) is 13.6. The predicted molar refractivity (Wildman–Crippen MR) is 175 cm³/mol. The Morgan fingerprint density at radius 1 is 0.978 bits per heavy atom. The first kappa shape index (κ1) is 30.3. The van der Waals surface area contributed by atoms with Gasteiger partial charge in [0.1, 0.15) is 40.3 Å². The van der Waals surface area contributed by atoms with Crippen LogP contribution < -0.4 is 15.4 Å². The van der Waals surface area contributed by atoms with Gasteiger partial charge < -0.3 is 10.1 Å². The molecular weight excluding hydrogens is 635 g/mol. The molecule has 0 radical (unpaired) electrons. The number of nitrogens with one attached hydrogen (secondary N) is 2. The molecule has 3 heterocycles. The van der Waals surface area contributed by atoms with Crippen LogP contribution in [-0.4, -0.2) is 33.3 Å². The number of anilines is 2. The molecule has 0 aliphatic rings. The number of pyridine rings is 1. The molecule has 9 nitrogen and oxygen atoms in total. The summed E-state index contributed by atoms with van der Waals surface area (Å²) in [6.45, 7) is 0.438. The Morgan fingerprint density at radius 3 is 2.69 bits per heavy atom. The number of rotatable bonds is 10. The molecule has 0 fully saturated rings. The third kappa shape index (κ3) is 7.67. The second-order valence-electron chi connectivity index (χ2n) is 9.78. The van der Waals surface area contributed by atoms with Crippen LogP contribution in [0, 0.1) is 5.82 Å². The van der Waals surface area contributed by atoms with Crippen molar-refractivity contribution in [2.45, 2.75) is 19.6 Å². The first-order chi connectivity index (χ1) is 21.9. The summed E-state index contributed by atoms with van der Waals surface area (Å²) in [4.78, 5) is 17.9. The topological polar surface area (TPSA) is 119 Å². The number of nitrogens with zero attached hydrogens (tertiary/aromatic N) is 4. The second kappa shape index (κ2) is 13.9. The van der Waals surface area contributed by atoms with Gasteiger partial charge in [-0.1, -0.05) is 35.9 Å². The largest absolute Gasteiger partial charge is 0.487 e. The highest BCUT2D eigenvalue weighted by Crippen LogP contribution is 2.32. The molecule has 0 unspecified atom stereocenters. The van der Waals surface area contributed by atoms with Gasteiger partial charge in [-0.05, 0) is 60.2 Å². The summed E-state index contributed by atoms with van der Waals surface area (Å²) in [6, 6.07) is 22.6. The standard InChI is InChI=1S/C32H24ClFN6O3S2/c33-26-14-24(8-10-29(26)43-17-20-4-3-5-22(34)12-20)39-32-25-13-21(7-9-27(25)37-19-38-32)28-18-44-30(40-28)16-36-31(45(41)42)15-23-6-1-2-11-35-23/h1-14,18-19,36H,15-17H2,(H,37,38,39). The number of halogens is 2. The van der Waals surface area contributed by atoms with Crippen molar-refractivity contribution in [2.75, 3.05) is 5.32 Å². The summed E-state index contributed by atoms with van der Waals surface area (Å²) in [6.07, 6.45) is 3.28. The lowest BCUT2D eigenvalue weighted by Gasteiger charge is -2.12. The molecule has 0 bridgehead atoms. The zero-order chi connectivity index (χ0) is 31.2. The lowest BCUT2D eigenvalue weighted by Crippen LogP contribution is -2.26. The van der Waals surface area contributed by atoms with Crippen LogP contribution in [0.2, 0.25) is 5.02 Å². The minimum absolute atomic E-state index is 0.148. The molecular formula is C32H24ClFN6O3S2. The highest BCUT2D eigenvalue weighted by atomic mass is 35.5. The van der Waals surface area contributed by atoms with Gasteiger partial charge in [0.15, 0.2) is 0 Å². The van der Waals surface area contributed by atoms with Gasteiger partial charge in [0.05, 0.1) is 22.8 Å². The number of hydrogen-bond acceptors (Lipinski definition) is 9. The Balaban J connectivity index is 1.16. The predicted octanol–water partition coefficient (Wildman–Crippen LogP) is 6.60. The van der Waals surface area contributed by atoms with E-state index in [1.807, 2.05) is 35.7 Å². The number of ether oxygens (including phenoxy) is 1. The van der Waals surface area contributed by atoms with E-state index in [-0.39, 0.29) is 30.4 Å². The normalized spacial score (nSPS) is 11.0. The van der Waals surface area contributed by atoms with Crippen molar-refractivity contribution in [3.63, 3.8) is 0 Å². The van der Waals surface area contributed by atoms with Crippen LogP contribution in [0.1, 0.15) is 16.3 Å². The van der Waals surface area contributed by atoms with Crippen molar-refractivity contribution >= 4 is 60.6 Å². The van der Waals surface area contributed by atoms with Gasteiger partial charge in [-0.3, -0.25) is 10.3 Å². The number of thiazole rings is 1. The summed E-state index contributed by atoms with van der Waals surface area (Å²) in [5.74, 6) is 0.724. The van der Waals surface area contributed by atoms with Crippen molar-refractivity contribution in [1.29, 1.82) is 0 Å². The molecule has 13 heteroatoms. The number of hydrogen-bond donors (Lipinski definition) is 2. The minimum Gasteiger partial charge on any atom is -0.487 e. The molecule has 0 amide bonds. The number of aromatic nitrogens is 4. The maximum Gasteiger partial charge on any atom is 0.228 e. The summed E-state index contributed by atoms with van der Waals surface area (Å²) < 4.78 is 42.8. The number of fused-ring (bicyclic) bond motifs is 1. The Morgan fingerprint density at radius 2 is 1.89 bits per heavy atom. The molecule has 0 spiro atoms. The van der Waals surface area contributed by atoms with Crippen LogP contribution in [0.25, 0.3) is 22.2 Å². The molecule has 3 aromatic carbocycles. The van der Waals surface area contributed by atoms with Gasteiger partial charge in [-0.15, -0.1) is 11.3 Å². The molecule has 45 heavy (non-hydrogen) atoms. The van der Waals surface area contributed by atoms with Crippen LogP contribution in [0.3, 0.4) is 0 Å². The maximum absolute atomic E-state index is 13.5. The lowest BCUT2D eigenvalue weighted by atomic mass is 10.1. The van der Waals surface area contributed by atoms with E-state index in [1.165, 1.54) is 29.8 Å².